The fourth-order valence-corrected chi connectivity index (χ4v) is 1.59. The van der Waals surface area contributed by atoms with E-state index in [1.807, 2.05) is 0 Å². The molecule has 0 radical (unpaired) electrons. The van der Waals surface area contributed by atoms with Crippen molar-refractivity contribution in [2.45, 2.75) is 13.2 Å². The van der Waals surface area contributed by atoms with Gasteiger partial charge in [0, 0.05) is 5.56 Å². The van der Waals surface area contributed by atoms with Crippen molar-refractivity contribution in [1.82, 2.24) is 0 Å². The summed E-state index contributed by atoms with van der Waals surface area (Å²) in [5, 5.41) is 0.0359. The summed E-state index contributed by atoms with van der Waals surface area (Å²) < 4.78 is 24.0. The summed E-state index contributed by atoms with van der Waals surface area (Å²) in [5.41, 5.74) is 6.27. The fourth-order valence-electron chi connectivity index (χ4n) is 1.43. The highest BCUT2D eigenvalue weighted by atomic mass is 35.5. The predicted molar refractivity (Wildman–Crippen MR) is 62.3 cm³/mol. The lowest BCUT2D eigenvalue weighted by Gasteiger charge is -2.07. The third kappa shape index (κ3) is 2.60. The average Bonchev–Trinajstić information content (AvgIpc) is 2.78. The Bertz CT molecular complexity index is 513. The van der Waals surface area contributed by atoms with E-state index in [9.17, 15) is 4.39 Å². The first-order valence-electron chi connectivity index (χ1n) is 5.04. The molecule has 0 saturated carbocycles. The molecule has 1 aromatic carbocycles. The Balaban J connectivity index is 2.10. The smallest absolute Gasteiger partial charge is 0.183 e. The molecule has 2 rings (SSSR count). The number of furan rings is 1. The monoisotopic (exact) mass is 255 g/mol. The van der Waals surface area contributed by atoms with Crippen LogP contribution in [0, 0.1) is 5.82 Å². The molecular formula is C12H11ClFNO2. The van der Waals surface area contributed by atoms with E-state index in [2.05, 4.69) is 0 Å². The first-order chi connectivity index (χ1) is 8.22. The topological polar surface area (TPSA) is 48.4 Å². The minimum atomic E-state index is -0.563. The molecule has 2 N–H and O–H groups in total. The van der Waals surface area contributed by atoms with Gasteiger partial charge in [-0.1, -0.05) is 17.7 Å². The third-order valence-corrected chi connectivity index (χ3v) is 2.61. The van der Waals surface area contributed by atoms with Crippen LogP contribution >= 0.6 is 11.6 Å². The highest BCUT2D eigenvalue weighted by molar-refractivity contribution is 6.30. The lowest BCUT2D eigenvalue weighted by atomic mass is 10.2. The van der Waals surface area contributed by atoms with Gasteiger partial charge in [0.15, 0.2) is 11.6 Å². The number of hydrogen-bond donors (Lipinski definition) is 1. The Morgan fingerprint density at radius 3 is 2.94 bits per heavy atom. The molecule has 0 spiro atoms. The second-order valence-corrected chi connectivity index (χ2v) is 3.82. The number of hydrogen-bond acceptors (Lipinski definition) is 3. The van der Waals surface area contributed by atoms with Crippen LogP contribution in [0.15, 0.2) is 34.9 Å². The van der Waals surface area contributed by atoms with Gasteiger partial charge < -0.3 is 14.9 Å². The van der Waals surface area contributed by atoms with E-state index in [1.54, 1.807) is 12.1 Å². The summed E-state index contributed by atoms with van der Waals surface area (Å²) in [6.45, 7) is 0.476. The molecule has 1 aromatic heterocycles. The van der Waals surface area contributed by atoms with Crippen LogP contribution in [0.25, 0.3) is 0 Å². The fraction of sp³-hybridized carbons (Fsp3) is 0.167. The van der Waals surface area contributed by atoms with Crippen LogP contribution < -0.4 is 10.5 Å². The highest BCUT2D eigenvalue weighted by Gasteiger charge is 2.09. The molecule has 0 unspecified atom stereocenters. The lowest BCUT2D eigenvalue weighted by Crippen LogP contribution is -2.02. The van der Waals surface area contributed by atoms with Crippen molar-refractivity contribution in [3.8, 4) is 5.75 Å². The van der Waals surface area contributed by atoms with Gasteiger partial charge in [-0.15, -0.1) is 0 Å². The Kier molecular flexibility index (Phi) is 3.66. The Labute approximate surface area is 103 Å². The molecule has 5 heteroatoms. The van der Waals surface area contributed by atoms with Crippen molar-refractivity contribution in [1.29, 1.82) is 0 Å². The maximum Gasteiger partial charge on any atom is 0.183 e. The van der Waals surface area contributed by atoms with Gasteiger partial charge in [0.25, 0.3) is 0 Å². The van der Waals surface area contributed by atoms with Crippen LogP contribution in [0.5, 0.6) is 5.75 Å². The van der Waals surface area contributed by atoms with E-state index < -0.39 is 5.82 Å². The van der Waals surface area contributed by atoms with Crippen LogP contribution in [-0.2, 0) is 13.2 Å². The van der Waals surface area contributed by atoms with E-state index in [1.165, 1.54) is 18.4 Å². The number of nitrogens with two attached hydrogens (primary N) is 1. The van der Waals surface area contributed by atoms with Crippen LogP contribution in [0.4, 0.5) is 4.39 Å². The van der Waals surface area contributed by atoms with Crippen molar-refractivity contribution >= 4 is 11.6 Å². The van der Waals surface area contributed by atoms with Crippen LogP contribution in [0.1, 0.15) is 11.3 Å². The Morgan fingerprint density at radius 2 is 2.18 bits per heavy atom. The number of halogens is 2. The molecule has 17 heavy (non-hydrogen) atoms. The first-order valence-corrected chi connectivity index (χ1v) is 5.42. The van der Waals surface area contributed by atoms with E-state index in [-0.39, 0.29) is 23.9 Å². The van der Waals surface area contributed by atoms with Gasteiger partial charge in [-0.2, -0.15) is 0 Å². The maximum atomic E-state index is 13.5. The largest absolute Gasteiger partial charge is 0.486 e. The standard InChI is InChI=1S/C12H11ClFNO2/c13-9-2-1-3-10(12(9)14)17-7-8-4-5-16-11(8)6-15/h1-5H,6-7,15H2. The Hall–Kier alpha value is -1.52. The molecule has 0 saturated heterocycles. The predicted octanol–water partition coefficient (Wildman–Crippen LogP) is 3.11. The van der Waals surface area contributed by atoms with E-state index in [0.717, 1.165) is 5.56 Å². The molecule has 0 fully saturated rings. The zero-order valence-corrected chi connectivity index (χ0v) is 9.71. The van der Waals surface area contributed by atoms with Crippen molar-refractivity contribution in [2.24, 2.45) is 5.73 Å². The van der Waals surface area contributed by atoms with Crippen molar-refractivity contribution in [3.63, 3.8) is 0 Å². The molecule has 0 atom stereocenters. The molecule has 0 aliphatic heterocycles. The second kappa shape index (κ2) is 5.21. The normalized spacial score (nSPS) is 10.5. The van der Waals surface area contributed by atoms with E-state index >= 15 is 0 Å². The summed E-state index contributed by atoms with van der Waals surface area (Å²) in [4.78, 5) is 0. The van der Waals surface area contributed by atoms with Gasteiger partial charge in [-0.05, 0) is 18.2 Å². The second-order valence-electron chi connectivity index (χ2n) is 3.41. The average molecular weight is 256 g/mol. The summed E-state index contributed by atoms with van der Waals surface area (Å²) >= 11 is 5.64. The summed E-state index contributed by atoms with van der Waals surface area (Å²) in [7, 11) is 0. The molecule has 0 aliphatic carbocycles. The molecular weight excluding hydrogens is 245 g/mol. The van der Waals surface area contributed by atoms with Crippen molar-refractivity contribution in [2.75, 3.05) is 0 Å². The third-order valence-electron chi connectivity index (χ3n) is 2.32. The van der Waals surface area contributed by atoms with Gasteiger partial charge >= 0.3 is 0 Å². The number of ether oxygens (including phenoxy) is 1. The van der Waals surface area contributed by atoms with Gasteiger partial charge in [-0.3, -0.25) is 0 Å². The van der Waals surface area contributed by atoms with E-state index in [0.29, 0.717) is 5.76 Å². The lowest BCUT2D eigenvalue weighted by molar-refractivity contribution is 0.287. The SMILES string of the molecule is NCc1occc1COc1cccc(Cl)c1F. The minimum Gasteiger partial charge on any atom is -0.486 e. The van der Waals surface area contributed by atoms with Gasteiger partial charge in [-0.25, -0.2) is 4.39 Å². The summed E-state index contributed by atoms with van der Waals surface area (Å²) in [6.07, 6.45) is 1.52. The summed E-state index contributed by atoms with van der Waals surface area (Å²) in [5.74, 6) is 0.182. The summed E-state index contributed by atoms with van der Waals surface area (Å²) in [6, 6.07) is 6.35. The molecule has 0 amide bonds. The van der Waals surface area contributed by atoms with Gasteiger partial charge in [0.05, 0.1) is 17.8 Å². The zero-order chi connectivity index (χ0) is 12.3. The maximum absolute atomic E-state index is 13.5. The first kappa shape index (κ1) is 12.0. The number of benzene rings is 1. The quantitative estimate of drug-likeness (QED) is 0.913. The molecule has 3 nitrogen and oxygen atoms in total. The van der Waals surface area contributed by atoms with Crippen LogP contribution in [-0.4, -0.2) is 0 Å². The zero-order valence-electron chi connectivity index (χ0n) is 8.95. The molecule has 0 bridgehead atoms. The van der Waals surface area contributed by atoms with Gasteiger partial charge in [0.1, 0.15) is 12.4 Å². The highest BCUT2D eigenvalue weighted by Crippen LogP contribution is 2.25. The van der Waals surface area contributed by atoms with Crippen LogP contribution in [0.3, 0.4) is 0 Å². The van der Waals surface area contributed by atoms with E-state index in [4.69, 9.17) is 26.5 Å². The molecule has 1 heterocycles. The molecule has 2 aromatic rings. The molecule has 0 aliphatic rings. The van der Waals surface area contributed by atoms with Crippen LogP contribution in [0.2, 0.25) is 5.02 Å². The number of rotatable bonds is 4. The Morgan fingerprint density at radius 1 is 1.35 bits per heavy atom. The van der Waals surface area contributed by atoms with Crippen molar-refractivity contribution < 1.29 is 13.5 Å². The minimum absolute atomic E-state index is 0.0359. The van der Waals surface area contributed by atoms with Crippen molar-refractivity contribution in [3.05, 3.63) is 52.7 Å². The molecule has 90 valence electrons. The van der Waals surface area contributed by atoms with Gasteiger partial charge in [0.2, 0.25) is 0 Å².